The average molecular weight is 332 g/mol. The first-order chi connectivity index (χ1) is 9.74. The van der Waals surface area contributed by atoms with Gasteiger partial charge in [0.2, 0.25) is 0 Å². The Labute approximate surface area is 128 Å². The number of rotatable bonds is 5. The second-order valence-electron chi connectivity index (χ2n) is 4.49. The number of nitrogens with zero attached hydrogens (tertiary/aromatic N) is 1. The van der Waals surface area contributed by atoms with E-state index in [4.69, 9.17) is 5.73 Å². The topological polar surface area (TPSA) is 50.4 Å². The smallest absolute Gasteiger partial charge is 0.188 e. The van der Waals surface area contributed by atoms with Crippen molar-refractivity contribution < 1.29 is 0 Å². The van der Waals surface area contributed by atoms with Crippen LogP contribution in [0, 0.1) is 0 Å². The molecule has 0 aliphatic heterocycles. The van der Waals surface area contributed by atoms with Crippen LogP contribution in [0.1, 0.15) is 11.1 Å². The summed E-state index contributed by atoms with van der Waals surface area (Å²) in [5, 5.41) is 3.13. The number of guanidine groups is 1. The maximum atomic E-state index is 5.85. The van der Waals surface area contributed by atoms with Crippen molar-refractivity contribution in [3.63, 3.8) is 0 Å². The molecule has 0 aromatic heterocycles. The molecule has 0 saturated carbocycles. The van der Waals surface area contributed by atoms with E-state index in [1.54, 1.807) is 0 Å². The fourth-order valence-electron chi connectivity index (χ4n) is 1.85. The minimum absolute atomic E-state index is 0.487. The average Bonchev–Trinajstić information content (AvgIpc) is 2.46. The van der Waals surface area contributed by atoms with Gasteiger partial charge in [-0.05, 0) is 29.7 Å². The SMILES string of the molecule is NC(=NCc1cccc(Br)c1)NCCc1ccccc1. The lowest BCUT2D eigenvalue weighted by Gasteiger charge is -2.06. The highest BCUT2D eigenvalue weighted by molar-refractivity contribution is 9.10. The van der Waals surface area contributed by atoms with E-state index in [-0.39, 0.29) is 0 Å². The Morgan fingerprint density at radius 3 is 2.55 bits per heavy atom. The van der Waals surface area contributed by atoms with Crippen LogP contribution in [0.4, 0.5) is 0 Å². The highest BCUT2D eigenvalue weighted by Gasteiger charge is 1.95. The van der Waals surface area contributed by atoms with Gasteiger partial charge in [0.1, 0.15) is 0 Å². The fraction of sp³-hybridized carbons (Fsp3) is 0.188. The van der Waals surface area contributed by atoms with Crippen molar-refractivity contribution in [2.24, 2.45) is 10.7 Å². The van der Waals surface area contributed by atoms with Crippen LogP contribution in [-0.2, 0) is 13.0 Å². The van der Waals surface area contributed by atoms with Crippen molar-refractivity contribution in [3.05, 3.63) is 70.2 Å². The molecule has 3 N–H and O–H groups in total. The van der Waals surface area contributed by atoms with Gasteiger partial charge < -0.3 is 11.1 Å². The second kappa shape index (κ2) is 7.70. The van der Waals surface area contributed by atoms with E-state index in [9.17, 15) is 0 Å². The molecular weight excluding hydrogens is 314 g/mol. The van der Waals surface area contributed by atoms with Gasteiger partial charge in [0.25, 0.3) is 0 Å². The van der Waals surface area contributed by atoms with Crippen molar-refractivity contribution >= 4 is 21.9 Å². The van der Waals surface area contributed by atoms with E-state index in [2.05, 4.69) is 38.4 Å². The normalized spacial score (nSPS) is 11.3. The summed E-state index contributed by atoms with van der Waals surface area (Å²) in [5.74, 6) is 0.487. The lowest BCUT2D eigenvalue weighted by Crippen LogP contribution is -2.33. The standard InChI is InChI=1S/C16H18BrN3/c17-15-8-4-7-14(11-15)12-20-16(18)19-10-9-13-5-2-1-3-6-13/h1-8,11H,9-10,12H2,(H3,18,19,20). The Hall–Kier alpha value is -1.81. The van der Waals surface area contributed by atoms with Gasteiger partial charge in [-0.3, -0.25) is 0 Å². The molecular formula is C16H18BrN3. The highest BCUT2D eigenvalue weighted by atomic mass is 79.9. The minimum atomic E-state index is 0.487. The number of halogens is 1. The second-order valence-corrected chi connectivity index (χ2v) is 5.41. The van der Waals surface area contributed by atoms with Gasteiger partial charge in [0.15, 0.2) is 5.96 Å². The molecule has 2 aromatic carbocycles. The molecule has 3 nitrogen and oxygen atoms in total. The Bertz CT molecular complexity index is 567. The Balaban J connectivity index is 1.77. The minimum Gasteiger partial charge on any atom is -0.370 e. The molecule has 104 valence electrons. The van der Waals surface area contributed by atoms with Gasteiger partial charge in [-0.1, -0.05) is 58.4 Å². The Kier molecular flexibility index (Phi) is 5.62. The Morgan fingerprint density at radius 1 is 1.05 bits per heavy atom. The van der Waals surface area contributed by atoms with E-state index in [0.29, 0.717) is 12.5 Å². The lowest BCUT2D eigenvalue weighted by molar-refractivity contribution is 0.848. The molecule has 0 amide bonds. The molecule has 0 unspecified atom stereocenters. The predicted molar refractivity (Wildman–Crippen MR) is 87.6 cm³/mol. The van der Waals surface area contributed by atoms with E-state index >= 15 is 0 Å². The quantitative estimate of drug-likeness (QED) is 0.653. The number of benzene rings is 2. The zero-order chi connectivity index (χ0) is 14.2. The summed E-state index contributed by atoms with van der Waals surface area (Å²) in [4.78, 5) is 4.33. The first-order valence-electron chi connectivity index (χ1n) is 6.56. The van der Waals surface area contributed by atoms with Gasteiger partial charge in [-0.25, -0.2) is 4.99 Å². The maximum Gasteiger partial charge on any atom is 0.188 e. The molecule has 20 heavy (non-hydrogen) atoms. The van der Waals surface area contributed by atoms with E-state index in [1.807, 2.05) is 42.5 Å². The predicted octanol–water partition coefficient (Wildman–Crippen LogP) is 3.10. The molecule has 0 aliphatic carbocycles. The van der Waals surface area contributed by atoms with Crippen LogP contribution in [0.5, 0.6) is 0 Å². The van der Waals surface area contributed by atoms with Crippen LogP contribution >= 0.6 is 15.9 Å². The summed E-state index contributed by atoms with van der Waals surface area (Å²) in [6, 6.07) is 18.4. The van der Waals surface area contributed by atoms with Gasteiger partial charge in [-0.2, -0.15) is 0 Å². The van der Waals surface area contributed by atoms with Crippen molar-refractivity contribution in [1.82, 2.24) is 5.32 Å². The molecule has 0 bridgehead atoms. The van der Waals surface area contributed by atoms with E-state index < -0.39 is 0 Å². The molecule has 0 aliphatic rings. The molecule has 2 aromatic rings. The molecule has 2 rings (SSSR count). The van der Waals surface area contributed by atoms with Crippen molar-refractivity contribution in [2.75, 3.05) is 6.54 Å². The molecule has 4 heteroatoms. The van der Waals surface area contributed by atoms with Crippen molar-refractivity contribution in [3.8, 4) is 0 Å². The van der Waals surface area contributed by atoms with Gasteiger partial charge in [-0.15, -0.1) is 0 Å². The summed E-state index contributed by atoms with van der Waals surface area (Å²) in [6.45, 7) is 1.38. The lowest BCUT2D eigenvalue weighted by atomic mass is 10.1. The first-order valence-corrected chi connectivity index (χ1v) is 7.35. The van der Waals surface area contributed by atoms with E-state index in [1.165, 1.54) is 5.56 Å². The zero-order valence-corrected chi connectivity index (χ0v) is 12.8. The fourth-order valence-corrected chi connectivity index (χ4v) is 2.29. The van der Waals surface area contributed by atoms with Gasteiger partial charge >= 0.3 is 0 Å². The molecule has 0 atom stereocenters. The molecule has 0 spiro atoms. The number of nitrogens with one attached hydrogen (secondary N) is 1. The van der Waals surface area contributed by atoms with E-state index in [0.717, 1.165) is 23.0 Å². The Morgan fingerprint density at radius 2 is 1.80 bits per heavy atom. The number of aliphatic imine (C=N–C) groups is 1. The zero-order valence-electron chi connectivity index (χ0n) is 11.2. The summed E-state index contributed by atoms with van der Waals surface area (Å²) in [7, 11) is 0. The molecule has 0 radical (unpaired) electrons. The summed E-state index contributed by atoms with van der Waals surface area (Å²) in [6.07, 6.45) is 0.938. The molecule has 0 fully saturated rings. The van der Waals surface area contributed by atoms with Crippen LogP contribution in [0.25, 0.3) is 0 Å². The summed E-state index contributed by atoms with van der Waals surface area (Å²) < 4.78 is 1.06. The van der Waals surface area contributed by atoms with Crippen LogP contribution < -0.4 is 11.1 Å². The third-order valence-corrected chi connectivity index (χ3v) is 3.38. The van der Waals surface area contributed by atoms with Crippen LogP contribution in [-0.4, -0.2) is 12.5 Å². The third-order valence-electron chi connectivity index (χ3n) is 2.88. The summed E-state index contributed by atoms with van der Waals surface area (Å²) >= 11 is 3.44. The summed E-state index contributed by atoms with van der Waals surface area (Å²) in [5.41, 5.74) is 8.27. The van der Waals surface area contributed by atoms with Crippen molar-refractivity contribution in [2.45, 2.75) is 13.0 Å². The van der Waals surface area contributed by atoms with Crippen molar-refractivity contribution in [1.29, 1.82) is 0 Å². The van der Waals surface area contributed by atoms with Crippen LogP contribution in [0.3, 0.4) is 0 Å². The third kappa shape index (κ3) is 5.05. The number of hydrogen-bond acceptors (Lipinski definition) is 1. The van der Waals surface area contributed by atoms with Crippen LogP contribution in [0.2, 0.25) is 0 Å². The van der Waals surface area contributed by atoms with Gasteiger partial charge in [0.05, 0.1) is 6.54 Å². The molecule has 0 saturated heterocycles. The van der Waals surface area contributed by atoms with Gasteiger partial charge in [0, 0.05) is 11.0 Å². The van der Waals surface area contributed by atoms with Crippen LogP contribution in [0.15, 0.2) is 64.1 Å². The number of hydrogen-bond donors (Lipinski definition) is 2. The monoisotopic (exact) mass is 331 g/mol. The number of nitrogens with two attached hydrogens (primary N) is 1. The molecule has 0 heterocycles. The largest absolute Gasteiger partial charge is 0.370 e. The first kappa shape index (κ1) is 14.6. The highest BCUT2D eigenvalue weighted by Crippen LogP contribution is 2.12. The maximum absolute atomic E-state index is 5.85.